The summed E-state index contributed by atoms with van der Waals surface area (Å²) in [6, 6.07) is 12.8. The summed E-state index contributed by atoms with van der Waals surface area (Å²) >= 11 is 2.90. The summed E-state index contributed by atoms with van der Waals surface area (Å²) in [5.41, 5.74) is 3.97. The lowest BCUT2D eigenvalue weighted by molar-refractivity contribution is -0.115. The number of carbonyl (C=O) groups excluding carboxylic acids is 2. The van der Waals surface area contributed by atoms with Gasteiger partial charge in [0.15, 0.2) is 0 Å². The molecule has 0 radical (unpaired) electrons. The van der Waals surface area contributed by atoms with Crippen molar-refractivity contribution in [2.24, 2.45) is 0 Å². The van der Waals surface area contributed by atoms with Crippen molar-refractivity contribution in [3.8, 4) is 16.9 Å². The number of benzene rings is 2. The second-order valence-electron chi connectivity index (χ2n) is 8.33. The molecule has 1 unspecified atom stereocenters. The number of aryl methyl sites for hydroxylation is 1. The minimum Gasteiger partial charge on any atom is -0.506 e. The van der Waals surface area contributed by atoms with Crippen LogP contribution in [0.25, 0.3) is 21.3 Å². The quantitative estimate of drug-likeness (QED) is 0.134. The highest BCUT2D eigenvalue weighted by Crippen LogP contribution is 2.40. The fraction of sp³-hybridized carbons (Fsp3) is 0.231. The number of nitrogens with zero attached hydrogens (tertiary/aromatic N) is 2. The highest BCUT2D eigenvalue weighted by Gasteiger charge is 2.21. The first-order valence-corrected chi connectivity index (χ1v) is 12.6. The Morgan fingerprint density at radius 1 is 1.12 bits per heavy atom. The van der Waals surface area contributed by atoms with Crippen LogP contribution in [-0.4, -0.2) is 32.5 Å². The first kappa shape index (κ1) is 23.9. The normalized spacial score (nSPS) is 12.1. The maximum Gasteiger partial charge on any atom is 0.237 e. The average Bonchev–Trinajstić information content (AvgIpc) is 3.24. The predicted octanol–water partition coefficient (Wildman–Crippen LogP) is 6.43. The summed E-state index contributed by atoms with van der Waals surface area (Å²) in [6.07, 6.45) is 0.666. The summed E-state index contributed by atoms with van der Waals surface area (Å²) in [7, 11) is 0. The van der Waals surface area contributed by atoms with Gasteiger partial charge in [-0.3, -0.25) is 9.59 Å². The molecule has 34 heavy (non-hydrogen) atoms. The molecule has 0 aliphatic rings. The van der Waals surface area contributed by atoms with Crippen molar-refractivity contribution in [1.82, 2.24) is 9.97 Å². The highest BCUT2D eigenvalue weighted by atomic mass is 32.2. The number of aldehydes is 1. The maximum atomic E-state index is 12.9. The van der Waals surface area contributed by atoms with Crippen molar-refractivity contribution in [2.75, 3.05) is 5.32 Å². The van der Waals surface area contributed by atoms with Crippen LogP contribution in [-0.2, 0) is 4.79 Å². The van der Waals surface area contributed by atoms with Crippen LogP contribution < -0.4 is 5.32 Å². The molecule has 0 aliphatic heterocycles. The van der Waals surface area contributed by atoms with Gasteiger partial charge in [-0.05, 0) is 49.1 Å². The molecule has 2 aromatic carbocycles. The van der Waals surface area contributed by atoms with Crippen molar-refractivity contribution in [3.05, 3.63) is 64.8 Å². The van der Waals surface area contributed by atoms with Crippen LogP contribution in [0.15, 0.2) is 52.9 Å². The number of anilines is 1. The molecule has 0 saturated heterocycles. The third-order valence-electron chi connectivity index (χ3n) is 5.47. The fourth-order valence-corrected chi connectivity index (χ4v) is 5.61. The molecule has 8 heteroatoms. The van der Waals surface area contributed by atoms with E-state index in [0.717, 1.165) is 26.4 Å². The number of nitrogens with one attached hydrogen (secondary N) is 1. The van der Waals surface area contributed by atoms with E-state index in [0.29, 0.717) is 23.6 Å². The number of aromatic hydroxyl groups is 1. The van der Waals surface area contributed by atoms with Crippen molar-refractivity contribution < 1.29 is 14.7 Å². The molecule has 2 N–H and O–H groups in total. The average molecular weight is 492 g/mol. The van der Waals surface area contributed by atoms with Gasteiger partial charge in [0.25, 0.3) is 0 Å². The first-order chi connectivity index (χ1) is 16.3. The van der Waals surface area contributed by atoms with E-state index >= 15 is 0 Å². The number of hydrogen-bond donors (Lipinski definition) is 2. The van der Waals surface area contributed by atoms with E-state index in [-0.39, 0.29) is 17.3 Å². The molecule has 0 fully saturated rings. The molecule has 4 rings (SSSR count). The number of thioether (sulfide) groups is 1. The van der Waals surface area contributed by atoms with Crippen molar-refractivity contribution in [3.63, 3.8) is 0 Å². The molecule has 2 aromatic heterocycles. The molecular weight excluding hydrogens is 466 g/mol. The summed E-state index contributed by atoms with van der Waals surface area (Å²) in [5.74, 6) is 0.700. The number of phenols is 1. The van der Waals surface area contributed by atoms with Gasteiger partial charge in [-0.15, -0.1) is 11.3 Å². The van der Waals surface area contributed by atoms with Gasteiger partial charge in [0.1, 0.15) is 27.7 Å². The van der Waals surface area contributed by atoms with E-state index < -0.39 is 5.25 Å². The number of thiophene rings is 1. The second kappa shape index (κ2) is 9.95. The topological polar surface area (TPSA) is 92.2 Å². The Morgan fingerprint density at radius 3 is 2.53 bits per heavy atom. The van der Waals surface area contributed by atoms with Crippen LogP contribution in [0.5, 0.6) is 5.75 Å². The third kappa shape index (κ3) is 4.98. The van der Waals surface area contributed by atoms with Crippen LogP contribution in [0.4, 0.5) is 5.69 Å². The Morgan fingerprint density at radius 2 is 1.85 bits per heavy atom. The number of amides is 1. The van der Waals surface area contributed by atoms with E-state index in [1.807, 2.05) is 6.92 Å². The van der Waals surface area contributed by atoms with E-state index in [1.54, 1.807) is 18.3 Å². The first-order valence-electron chi connectivity index (χ1n) is 10.9. The maximum absolute atomic E-state index is 12.9. The van der Waals surface area contributed by atoms with E-state index in [4.69, 9.17) is 0 Å². The van der Waals surface area contributed by atoms with Crippen LogP contribution in [0.2, 0.25) is 0 Å². The number of carbonyl (C=O) groups is 2. The Labute approximate surface area is 206 Å². The number of phenolic OH excluding ortho intramolecular Hbond substituents is 1. The van der Waals surface area contributed by atoms with Crippen LogP contribution in [0.1, 0.15) is 48.4 Å². The van der Waals surface area contributed by atoms with Crippen LogP contribution in [0, 0.1) is 6.92 Å². The van der Waals surface area contributed by atoms with E-state index in [1.165, 1.54) is 35.5 Å². The summed E-state index contributed by atoms with van der Waals surface area (Å²) in [5, 5.41) is 16.0. The smallest absolute Gasteiger partial charge is 0.237 e. The lowest BCUT2D eigenvalue weighted by Gasteiger charge is -2.14. The van der Waals surface area contributed by atoms with Crippen molar-refractivity contribution >= 4 is 51.2 Å². The highest BCUT2D eigenvalue weighted by molar-refractivity contribution is 8.00. The van der Waals surface area contributed by atoms with Gasteiger partial charge in [0.05, 0.1) is 16.3 Å². The zero-order chi connectivity index (χ0) is 24.4. The lowest BCUT2D eigenvalue weighted by Crippen LogP contribution is -2.22. The molecular formula is C26H25N3O3S2. The van der Waals surface area contributed by atoms with Gasteiger partial charge in [0.2, 0.25) is 5.91 Å². The third-order valence-corrected chi connectivity index (χ3v) is 7.43. The lowest BCUT2D eigenvalue weighted by atomic mass is 9.99. The molecule has 6 nitrogen and oxygen atoms in total. The Hall–Kier alpha value is -3.23. The van der Waals surface area contributed by atoms with Crippen LogP contribution >= 0.6 is 23.1 Å². The summed E-state index contributed by atoms with van der Waals surface area (Å²) in [4.78, 5) is 34.1. The molecule has 0 spiro atoms. The molecule has 0 bridgehead atoms. The van der Waals surface area contributed by atoms with Crippen molar-refractivity contribution in [2.45, 2.75) is 43.9 Å². The summed E-state index contributed by atoms with van der Waals surface area (Å²) in [6.45, 7) is 7.96. The van der Waals surface area contributed by atoms with Gasteiger partial charge >= 0.3 is 0 Å². The fourth-order valence-electron chi connectivity index (χ4n) is 3.54. The number of aromatic nitrogens is 2. The van der Waals surface area contributed by atoms with Gasteiger partial charge in [-0.25, -0.2) is 9.97 Å². The number of hydrogen-bond acceptors (Lipinski definition) is 7. The largest absolute Gasteiger partial charge is 0.506 e. The Bertz CT molecular complexity index is 1360. The summed E-state index contributed by atoms with van der Waals surface area (Å²) < 4.78 is 0. The Kier molecular flexibility index (Phi) is 7.00. The predicted molar refractivity (Wildman–Crippen MR) is 139 cm³/mol. The zero-order valence-electron chi connectivity index (χ0n) is 19.3. The minimum atomic E-state index is -0.507. The van der Waals surface area contributed by atoms with Crippen LogP contribution in [0.3, 0.4) is 0 Å². The van der Waals surface area contributed by atoms with E-state index in [2.05, 4.69) is 58.8 Å². The minimum absolute atomic E-state index is 0.0959. The van der Waals surface area contributed by atoms with E-state index in [9.17, 15) is 14.7 Å². The molecule has 0 saturated carbocycles. The molecule has 1 amide bonds. The molecule has 1 atom stereocenters. The molecule has 174 valence electrons. The molecule has 2 heterocycles. The van der Waals surface area contributed by atoms with Gasteiger partial charge in [-0.1, -0.05) is 49.9 Å². The molecule has 0 aliphatic carbocycles. The van der Waals surface area contributed by atoms with Gasteiger partial charge in [-0.2, -0.15) is 0 Å². The molecule has 4 aromatic rings. The second-order valence-corrected chi connectivity index (χ2v) is 10.5. The standard InChI is InChI=1S/C26H25N3O3S2/c1-14(2)18-6-8-19(9-7-18)20-13-33-25-23(20)26(28-16(4)27-25)34-15(3)24(32)29-21-11-17(12-30)5-10-22(21)31/h5-15,31H,1-4H3,(H,29,32). The monoisotopic (exact) mass is 491 g/mol. The SMILES string of the molecule is Cc1nc(SC(C)C(=O)Nc2cc(C=O)ccc2O)c2c(-c3ccc(C(C)C)cc3)csc2n1. The van der Waals surface area contributed by atoms with Crippen molar-refractivity contribution in [1.29, 1.82) is 0 Å². The van der Waals surface area contributed by atoms with Gasteiger partial charge < -0.3 is 10.4 Å². The number of rotatable bonds is 7. The van der Waals surface area contributed by atoms with Gasteiger partial charge in [0, 0.05) is 16.5 Å². The Balaban J connectivity index is 1.64. The number of fused-ring (bicyclic) bond motifs is 1. The zero-order valence-corrected chi connectivity index (χ0v) is 21.0.